The number of nitrogens with one attached hydrogen (secondary N) is 1. The third kappa shape index (κ3) is 10.1. The molecule has 0 unspecified atom stereocenters. The average molecular weight is 952 g/mol. The lowest BCUT2D eigenvalue weighted by Gasteiger charge is -2.38. The number of aliphatic hydroxyl groups is 2. The monoisotopic (exact) mass is 951 g/mol. The van der Waals surface area contributed by atoms with Crippen molar-refractivity contribution >= 4 is 46.8 Å². The van der Waals surface area contributed by atoms with Crippen LogP contribution in [0.1, 0.15) is 112 Å². The molecule has 15 heteroatoms. The van der Waals surface area contributed by atoms with E-state index in [1.165, 1.54) is 65.4 Å². The minimum absolute atomic E-state index is 0.00850. The van der Waals surface area contributed by atoms with E-state index in [0.717, 1.165) is 11.1 Å². The minimum atomic E-state index is -2.18. The molecule has 3 aliphatic heterocycles. The Balaban J connectivity index is 1.59. The molecule has 7 rings (SSSR count). The summed E-state index contributed by atoms with van der Waals surface area (Å²) in [6.45, 7) is 16.1. The van der Waals surface area contributed by atoms with E-state index in [2.05, 4.69) is 5.32 Å². The summed E-state index contributed by atoms with van der Waals surface area (Å²) >= 11 is 6.41. The maximum Gasteiger partial charge on any atom is 0.345 e. The molecule has 0 spiro atoms. The summed E-state index contributed by atoms with van der Waals surface area (Å²) in [5, 5.41) is 25.8. The zero-order chi connectivity index (χ0) is 50.1. The Hall–Kier alpha value is -6.19. The van der Waals surface area contributed by atoms with Crippen LogP contribution in [0.15, 0.2) is 89.9 Å². The van der Waals surface area contributed by atoms with Crippen LogP contribution in [0.5, 0.6) is 11.5 Å². The highest BCUT2D eigenvalue weighted by atomic mass is 35.5. The van der Waals surface area contributed by atoms with Gasteiger partial charge in [0.15, 0.2) is 5.78 Å². The van der Waals surface area contributed by atoms with Gasteiger partial charge in [-0.1, -0.05) is 99.0 Å². The summed E-state index contributed by atoms with van der Waals surface area (Å²) in [5.41, 5.74) is 0.694. The van der Waals surface area contributed by atoms with Crippen molar-refractivity contribution in [1.82, 2.24) is 5.32 Å². The summed E-state index contributed by atoms with van der Waals surface area (Å²) in [4.78, 5) is 86.0. The van der Waals surface area contributed by atoms with Gasteiger partial charge in [-0.2, -0.15) is 0 Å². The number of aliphatic hydroxyl groups excluding tert-OH is 2. The van der Waals surface area contributed by atoms with Gasteiger partial charge in [0.25, 0.3) is 11.7 Å². The fourth-order valence-corrected chi connectivity index (χ4v) is 9.40. The first-order valence-corrected chi connectivity index (χ1v) is 22.8. The van der Waals surface area contributed by atoms with Crippen LogP contribution in [-0.2, 0) is 30.2 Å². The summed E-state index contributed by atoms with van der Waals surface area (Å²) in [6.07, 6.45) is 3.09. The lowest BCUT2D eigenvalue weighted by atomic mass is 9.78. The highest BCUT2D eigenvalue weighted by Crippen LogP contribution is 2.50. The number of carbonyl (C=O) groups is 6. The van der Waals surface area contributed by atoms with Crippen molar-refractivity contribution in [1.29, 1.82) is 0 Å². The molecule has 9 atom stereocenters. The van der Waals surface area contributed by atoms with Gasteiger partial charge in [-0.3, -0.25) is 24.0 Å². The number of hydrogen-bond donors (Lipinski definition) is 3. The lowest BCUT2D eigenvalue weighted by Crippen LogP contribution is -2.46. The molecule has 5 bridgehead atoms. The van der Waals surface area contributed by atoms with Crippen molar-refractivity contribution in [3.05, 3.63) is 139 Å². The zero-order valence-corrected chi connectivity index (χ0v) is 40.8. The van der Waals surface area contributed by atoms with Gasteiger partial charge >= 0.3 is 17.7 Å². The van der Waals surface area contributed by atoms with Crippen molar-refractivity contribution in [3.8, 4) is 11.5 Å². The van der Waals surface area contributed by atoms with Crippen LogP contribution in [0.3, 0.4) is 0 Å². The number of methoxy groups -OCH3 is 1. The molecule has 0 fully saturated rings. The number of halogens is 1. The Morgan fingerprint density at radius 2 is 1.51 bits per heavy atom. The minimum Gasteiger partial charge on any atom is -0.462 e. The molecule has 3 aromatic carbocycles. The van der Waals surface area contributed by atoms with Gasteiger partial charge < -0.3 is 39.2 Å². The second-order valence-electron chi connectivity index (χ2n) is 18.2. The number of ketones is 3. The van der Waals surface area contributed by atoms with Crippen molar-refractivity contribution in [2.24, 2.45) is 23.7 Å². The lowest BCUT2D eigenvalue weighted by molar-refractivity contribution is -0.160. The van der Waals surface area contributed by atoms with E-state index >= 15 is 9.59 Å². The molecule has 3 N–H and O–H groups in total. The molecule has 0 radical (unpaired) electrons. The fraction of sp³-hybridized carbons (Fsp3) is 0.396. The van der Waals surface area contributed by atoms with Crippen LogP contribution in [0.4, 0.5) is 0 Å². The predicted octanol–water partition coefficient (Wildman–Crippen LogP) is 8.03. The van der Waals surface area contributed by atoms with Crippen LogP contribution < -0.4 is 14.8 Å². The number of allylic oxidation sites excluding steroid dienone is 4. The van der Waals surface area contributed by atoms with Gasteiger partial charge in [0.1, 0.15) is 17.6 Å². The number of esters is 2. The Morgan fingerprint density at radius 3 is 2.15 bits per heavy atom. The highest BCUT2D eigenvalue weighted by Gasteiger charge is 2.53. The molecule has 0 saturated heterocycles. The van der Waals surface area contributed by atoms with Crippen molar-refractivity contribution in [2.45, 2.75) is 106 Å². The number of Topliss-reactive ketones (excluding diaryl/α,β-unsaturated/α-hetero) is 3. The maximum absolute atomic E-state index is 15.4. The summed E-state index contributed by atoms with van der Waals surface area (Å²) in [5.74, 6) is -10.4. The normalized spacial score (nSPS) is 26.8. The van der Waals surface area contributed by atoms with Crippen LogP contribution in [-0.4, -0.2) is 82.7 Å². The highest BCUT2D eigenvalue weighted by molar-refractivity contribution is 6.34. The second-order valence-corrected chi connectivity index (χ2v) is 18.6. The molecule has 4 aliphatic rings. The first-order chi connectivity index (χ1) is 32.0. The van der Waals surface area contributed by atoms with Gasteiger partial charge in [0.2, 0.25) is 5.78 Å². The van der Waals surface area contributed by atoms with E-state index in [-0.39, 0.29) is 45.0 Å². The third-order valence-corrected chi connectivity index (χ3v) is 13.3. The van der Waals surface area contributed by atoms with Crippen LogP contribution in [0.25, 0.3) is 0 Å². The number of amides is 1. The first kappa shape index (κ1) is 51.2. The Morgan fingerprint density at radius 1 is 0.853 bits per heavy atom. The number of carbonyl (C=O) groups excluding carboxylic acids is 6. The third-order valence-electron chi connectivity index (χ3n) is 13.0. The topological polar surface area (TPSA) is 201 Å². The Kier molecular flexibility index (Phi) is 15.5. The molecule has 0 aromatic heterocycles. The number of rotatable bonds is 6. The summed E-state index contributed by atoms with van der Waals surface area (Å²) in [6, 6.07) is 11.7. The number of aryl methyl sites for hydroxylation is 2. The molecular formula is C53H58ClNO13. The first-order valence-electron chi connectivity index (χ1n) is 22.4. The van der Waals surface area contributed by atoms with Gasteiger partial charge in [0.05, 0.1) is 57.5 Å². The fourth-order valence-electron chi connectivity index (χ4n) is 9.19. The van der Waals surface area contributed by atoms with Crippen LogP contribution in [0.2, 0.25) is 5.02 Å². The van der Waals surface area contributed by atoms with Gasteiger partial charge in [-0.25, -0.2) is 4.79 Å². The van der Waals surface area contributed by atoms with E-state index in [0.29, 0.717) is 5.56 Å². The molecular weight excluding hydrogens is 894 g/mol. The van der Waals surface area contributed by atoms with E-state index in [9.17, 15) is 29.4 Å². The molecule has 0 saturated carbocycles. The van der Waals surface area contributed by atoms with Gasteiger partial charge in [-0.05, 0) is 51.5 Å². The maximum atomic E-state index is 15.4. The molecule has 3 heterocycles. The van der Waals surface area contributed by atoms with Gasteiger partial charge in [-0.15, -0.1) is 0 Å². The van der Waals surface area contributed by atoms with Gasteiger partial charge in [0, 0.05) is 67.8 Å². The van der Waals surface area contributed by atoms with Crippen LogP contribution in [0, 0.1) is 44.4 Å². The largest absolute Gasteiger partial charge is 0.462 e. The van der Waals surface area contributed by atoms with Crippen molar-refractivity contribution in [2.75, 3.05) is 7.11 Å². The molecule has 3 aromatic rings. The molecule has 14 nitrogen and oxygen atoms in total. The average Bonchev–Trinajstić information content (AvgIpc) is 3.55. The Bertz CT molecular complexity index is 2680. The van der Waals surface area contributed by atoms with E-state index < -0.39 is 112 Å². The number of benzene rings is 3. The quantitative estimate of drug-likeness (QED) is 0.159. The van der Waals surface area contributed by atoms with E-state index in [4.69, 9.17) is 35.3 Å². The SMILES string of the molecule is CO[C@H]1C=CO[C@@]2(C)Oc3c(C)c(OC(=O)c4ccccc4Cl)c4c(c3C2=O)C(=O)C(Cc2cc(C)cc(C)c2)=C(NC(=O)C(C)=CC=C[C@H](C)[C@H](O)[C@@H](C)[C@H](O)[C@H](C)[C@H](OC(C)=O)[C@@H]1C)C4=O. The molecule has 360 valence electrons. The summed E-state index contributed by atoms with van der Waals surface area (Å²) < 4.78 is 30.0. The van der Waals surface area contributed by atoms with Crippen molar-refractivity contribution in [3.63, 3.8) is 0 Å². The smallest absolute Gasteiger partial charge is 0.345 e. The number of fused-ring (bicyclic) bond motifs is 14. The van der Waals surface area contributed by atoms with Crippen molar-refractivity contribution < 1.29 is 62.7 Å². The second kappa shape index (κ2) is 20.6. The van der Waals surface area contributed by atoms with E-state index in [1.54, 1.807) is 52.0 Å². The molecule has 1 amide bonds. The molecule has 1 aliphatic carbocycles. The Labute approximate surface area is 401 Å². The van der Waals surface area contributed by atoms with Crippen LogP contribution >= 0.6 is 11.6 Å². The number of ether oxygens (including phenoxy) is 5. The number of hydrogen-bond acceptors (Lipinski definition) is 13. The molecule has 68 heavy (non-hydrogen) atoms. The summed E-state index contributed by atoms with van der Waals surface area (Å²) in [7, 11) is 1.42. The van der Waals surface area contributed by atoms with E-state index in [1.807, 2.05) is 32.0 Å². The predicted molar refractivity (Wildman–Crippen MR) is 253 cm³/mol. The standard InChI is InChI=1S/C53H58ClNO13/c1-25-21-26(2)23-34(22-25)24-36-42-46(60)40-39(45(36)59)41-49(32(8)48(40)67-52(63)35-17-12-13-18-37(35)54)68-53(10,50(41)61)65-20-19-38(64-11)29(5)47(66-33(9)56)31(7)44(58)30(6)43(57)27(3)15-14-16-28(4)51(62)55-42/h12-23,27,29-31,38,43-44,47,57-58H,24H2,1-11H3,(H,55,62)/t27-,29+,30+,31-,38-,43-,44-,47+,53-/m0/s1. The zero-order valence-electron chi connectivity index (χ0n) is 40.0.